The summed E-state index contributed by atoms with van der Waals surface area (Å²) in [5.74, 6) is -1.64. The van der Waals surface area contributed by atoms with Gasteiger partial charge in [-0.05, 0) is 37.1 Å². The number of pyridine rings is 1. The van der Waals surface area contributed by atoms with Crippen LogP contribution in [-0.4, -0.2) is 42.2 Å². The van der Waals surface area contributed by atoms with Crippen molar-refractivity contribution in [3.05, 3.63) is 52.2 Å². The van der Waals surface area contributed by atoms with Crippen molar-refractivity contribution in [3.8, 4) is 22.9 Å². The molecule has 0 bridgehead atoms. The monoisotopic (exact) mass is 437 g/mol. The largest absolute Gasteiger partial charge is 0.497 e. The van der Waals surface area contributed by atoms with E-state index in [1.165, 1.54) is 30.8 Å². The number of methoxy groups -OCH3 is 1. The van der Waals surface area contributed by atoms with E-state index in [0.717, 1.165) is 30.0 Å². The van der Waals surface area contributed by atoms with Crippen LogP contribution >= 0.6 is 0 Å². The fraction of sp³-hybridized carbons (Fsp3) is 0.316. The van der Waals surface area contributed by atoms with Gasteiger partial charge in [0, 0.05) is 30.6 Å². The number of nitrogens with zero attached hydrogens (tertiary/aromatic N) is 2. The molecule has 0 aliphatic heterocycles. The summed E-state index contributed by atoms with van der Waals surface area (Å²) in [7, 11) is -2.58. The van der Waals surface area contributed by atoms with Gasteiger partial charge in [0.25, 0.3) is 11.5 Å². The SMILES string of the molecule is COc1cc(C#N)cc(-c2cc(=O)n(CCC(C)(C(=O)NO)S(C)(=O)=O)cc2F)c1. The smallest absolute Gasteiger partial charge is 0.264 e. The first kappa shape index (κ1) is 23.1. The van der Waals surface area contributed by atoms with Crippen LogP contribution in [0.5, 0.6) is 5.75 Å². The van der Waals surface area contributed by atoms with Crippen molar-refractivity contribution < 1.29 is 27.5 Å². The summed E-state index contributed by atoms with van der Waals surface area (Å²) in [6, 6.07) is 7.26. The summed E-state index contributed by atoms with van der Waals surface area (Å²) in [6.45, 7) is 0.803. The van der Waals surface area contributed by atoms with Crippen LogP contribution in [-0.2, 0) is 21.2 Å². The van der Waals surface area contributed by atoms with E-state index in [0.29, 0.717) is 5.75 Å². The zero-order valence-corrected chi connectivity index (χ0v) is 17.3. The van der Waals surface area contributed by atoms with Gasteiger partial charge in [-0.1, -0.05) is 0 Å². The number of ether oxygens (including phenoxy) is 1. The molecule has 1 heterocycles. The molecule has 0 aliphatic carbocycles. The number of benzene rings is 1. The molecular formula is C19H20FN3O6S. The number of carbonyl (C=O) groups excluding carboxylic acids is 1. The Bertz CT molecular complexity index is 1190. The Kier molecular flexibility index (Phi) is 6.64. The van der Waals surface area contributed by atoms with Gasteiger partial charge in [-0.3, -0.25) is 14.8 Å². The fourth-order valence-corrected chi connectivity index (χ4v) is 3.64. The van der Waals surface area contributed by atoms with Crippen molar-refractivity contribution in [1.29, 1.82) is 5.26 Å². The van der Waals surface area contributed by atoms with Crippen LogP contribution in [0.1, 0.15) is 18.9 Å². The van der Waals surface area contributed by atoms with E-state index in [2.05, 4.69) is 0 Å². The van der Waals surface area contributed by atoms with E-state index in [1.807, 2.05) is 6.07 Å². The quantitative estimate of drug-likeness (QED) is 0.491. The van der Waals surface area contributed by atoms with Gasteiger partial charge in [-0.2, -0.15) is 5.26 Å². The van der Waals surface area contributed by atoms with Gasteiger partial charge in [0.05, 0.1) is 18.7 Å². The number of hydrogen-bond donors (Lipinski definition) is 2. The Balaban J connectivity index is 2.44. The molecular weight excluding hydrogens is 417 g/mol. The molecule has 2 N–H and O–H groups in total. The summed E-state index contributed by atoms with van der Waals surface area (Å²) in [4.78, 5) is 24.4. The molecule has 1 unspecified atom stereocenters. The van der Waals surface area contributed by atoms with Crippen LogP contribution in [0.2, 0.25) is 0 Å². The Morgan fingerprint density at radius 3 is 2.57 bits per heavy atom. The van der Waals surface area contributed by atoms with Crippen LogP contribution in [0, 0.1) is 17.1 Å². The van der Waals surface area contributed by atoms with E-state index >= 15 is 0 Å². The lowest BCUT2D eigenvalue weighted by atomic mass is 10.0. The molecule has 0 saturated carbocycles. The molecule has 0 radical (unpaired) electrons. The third-order valence-corrected chi connectivity index (χ3v) is 6.92. The van der Waals surface area contributed by atoms with E-state index in [-0.39, 0.29) is 29.7 Å². The lowest BCUT2D eigenvalue weighted by Gasteiger charge is -2.25. The molecule has 160 valence electrons. The second kappa shape index (κ2) is 8.64. The summed E-state index contributed by atoms with van der Waals surface area (Å²) in [6.07, 6.45) is 1.33. The van der Waals surface area contributed by atoms with Gasteiger partial charge in [-0.25, -0.2) is 18.3 Å². The first-order valence-corrected chi connectivity index (χ1v) is 10.5. The van der Waals surface area contributed by atoms with E-state index in [4.69, 9.17) is 15.2 Å². The van der Waals surface area contributed by atoms with Crippen LogP contribution < -0.4 is 15.8 Å². The summed E-state index contributed by atoms with van der Waals surface area (Å²) in [5, 5.41) is 18.0. The van der Waals surface area contributed by atoms with Crippen molar-refractivity contribution in [3.63, 3.8) is 0 Å². The predicted octanol–water partition coefficient (Wildman–Crippen LogP) is 1.23. The van der Waals surface area contributed by atoms with Gasteiger partial charge in [-0.15, -0.1) is 0 Å². The van der Waals surface area contributed by atoms with Crippen LogP contribution in [0.4, 0.5) is 4.39 Å². The maximum Gasteiger partial charge on any atom is 0.264 e. The molecule has 1 amide bonds. The second-order valence-corrected chi connectivity index (χ2v) is 9.27. The highest BCUT2D eigenvalue weighted by molar-refractivity contribution is 7.92. The number of amides is 1. The minimum atomic E-state index is -3.96. The molecule has 9 nitrogen and oxygen atoms in total. The molecule has 30 heavy (non-hydrogen) atoms. The van der Waals surface area contributed by atoms with Crippen molar-refractivity contribution in [1.82, 2.24) is 10.0 Å². The number of aryl methyl sites for hydroxylation is 1. The van der Waals surface area contributed by atoms with E-state index < -0.39 is 31.9 Å². The fourth-order valence-electron chi connectivity index (χ4n) is 2.80. The Morgan fingerprint density at radius 2 is 2.03 bits per heavy atom. The van der Waals surface area contributed by atoms with Crippen LogP contribution in [0.3, 0.4) is 0 Å². The predicted molar refractivity (Wildman–Crippen MR) is 105 cm³/mol. The van der Waals surface area contributed by atoms with Crippen molar-refractivity contribution in [2.75, 3.05) is 13.4 Å². The molecule has 0 fully saturated rings. The van der Waals surface area contributed by atoms with E-state index in [1.54, 1.807) is 0 Å². The zero-order chi connectivity index (χ0) is 22.7. The minimum absolute atomic E-state index is 0.0642. The molecule has 2 rings (SSSR count). The summed E-state index contributed by atoms with van der Waals surface area (Å²) < 4.78 is 42.8. The Morgan fingerprint density at radius 1 is 1.37 bits per heavy atom. The van der Waals surface area contributed by atoms with Gasteiger partial charge in [0.1, 0.15) is 11.6 Å². The van der Waals surface area contributed by atoms with Gasteiger partial charge in [0.15, 0.2) is 14.6 Å². The number of carbonyl (C=O) groups is 1. The standard InChI is InChI=1S/C19H20FN3O6S/c1-19(18(25)22-26,30(3,27)28)4-5-23-11-16(20)15(9-17(23)24)13-6-12(10-21)7-14(8-13)29-2/h6-9,11,26H,4-5H2,1-3H3,(H,22,25). The van der Waals surface area contributed by atoms with Gasteiger partial charge >= 0.3 is 0 Å². The number of halogens is 1. The van der Waals surface area contributed by atoms with Gasteiger partial charge < -0.3 is 9.30 Å². The molecule has 2 aromatic rings. The number of nitriles is 1. The maximum atomic E-state index is 14.7. The zero-order valence-electron chi connectivity index (χ0n) is 16.5. The molecule has 1 atom stereocenters. The lowest BCUT2D eigenvalue weighted by Crippen LogP contribution is -2.50. The van der Waals surface area contributed by atoms with Gasteiger partial charge in [0.2, 0.25) is 0 Å². The third-order valence-electron chi connectivity index (χ3n) is 4.89. The number of sulfone groups is 1. The first-order chi connectivity index (χ1) is 14.0. The number of rotatable bonds is 7. The Hall–Kier alpha value is -3.23. The highest BCUT2D eigenvalue weighted by Crippen LogP contribution is 2.27. The molecule has 0 saturated heterocycles. The van der Waals surface area contributed by atoms with Crippen molar-refractivity contribution in [2.24, 2.45) is 0 Å². The normalized spacial score (nSPS) is 13.2. The summed E-state index contributed by atoms with van der Waals surface area (Å²) >= 11 is 0. The van der Waals surface area contributed by atoms with Crippen molar-refractivity contribution in [2.45, 2.75) is 24.6 Å². The number of nitrogens with one attached hydrogen (secondary N) is 1. The topological polar surface area (TPSA) is 138 Å². The molecule has 1 aromatic heterocycles. The number of hydrogen-bond acceptors (Lipinski definition) is 7. The van der Waals surface area contributed by atoms with Crippen LogP contribution in [0.25, 0.3) is 11.1 Å². The highest BCUT2D eigenvalue weighted by Gasteiger charge is 2.43. The van der Waals surface area contributed by atoms with E-state index in [9.17, 15) is 22.4 Å². The average molecular weight is 437 g/mol. The summed E-state index contributed by atoms with van der Waals surface area (Å²) in [5.41, 5.74) is 1.07. The molecule has 1 aromatic carbocycles. The maximum absolute atomic E-state index is 14.7. The second-order valence-electron chi connectivity index (χ2n) is 6.82. The number of hydroxylamine groups is 1. The molecule has 0 aliphatic rings. The molecule has 0 spiro atoms. The minimum Gasteiger partial charge on any atom is -0.497 e. The first-order valence-electron chi connectivity index (χ1n) is 8.60. The Labute approximate surface area is 172 Å². The number of aromatic nitrogens is 1. The average Bonchev–Trinajstić information content (AvgIpc) is 2.71. The van der Waals surface area contributed by atoms with Crippen molar-refractivity contribution >= 4 is 15.7 Å². The lowest BCUT2D eigenvalue weighted by molar-refractivity contribution is -0.131. The molecule has 11 heteroatoms. The third kappa shape index (κ3) is 4.50. The highest BCUT2D eigenvalue weighted by atomic mass is 32.2. The van der Waals surface area contributed by atoms with Crippen LogP contribution in [0.15, 0.2) is 35.3 Å².